The van der Waals surface area contributed by atoms with E-state index in [2.05, 4.69) is 10.7 Å². The van der Waals surface area contributed by atoms with Gasteiger partial charge in [-0.25, -0.2) is 0 Å². The lowest BCUT2D eigenvalue weighted by molar-refractivity contribution is 0.501. The molecule has 0 saturated heterocycles. The summed E-state index contributed by atoms with van der Waals surface area (Å²) in [7, 11) is -0.137. The van der Waals surface area contributed by atoms with E-state index in [9.17, 15) is 0 Å². The normalized spacial score (nSPS) is 10.1. The molecule has 1 aromatic carbocycles. The second-order valence-corrected chi connectivity index (χ2v) is 4.10. The SMILES string of the molecule is NCc1ccccc1.O=S(=O)(O)Cl. The van der Waals surface area contributed by atoms with Crippen LogP contribution >= 0.6 is 10.7 Å². The first-order valence-corrected chi connectivity index (χ1v) is 5.61. The number of benzene rings is 1. The second-order valence-electron chi connectivity index (χ2n) is 2.10. The quantitative estimate of drug-likeness (QED) is 0.553. The van der Waals surface area contributed by atoms with Gasteiger partial charge in [0.05, 0.1) is 0 Å². The Morgan fingerprint density at radius 3 is 1.92 bits per heavy atom. The molecule has 0 fully saturated rings. The van der Waals surface area contributed by atoms with Gasteiger partial charge in [-0.3, -0.25) is 4.55 Å². The van der Waals surface area contributed by atoms with Crippen LogP contribution < -0.4 is 5.73 Å². The summed E-state index contributed by atoms with van der Waals surface area (Å²) in [5.74, 6) is 0. The lowest BCUT2D eigenvalue weighted by Gasteiger charge is -1.90. The van der Waals surface area contributed by atoms with Gasteiger partial charge in [0.25, 0.3) is 0 Å². The van der Waals surface area contributed by atoms with E-state index in [1.165, 1.54) is 5.56 Å². The van der Waals surface area contributed by atoms with Crippen LogP contribution in [0, 0.1) is 0 Å². The van der Waals surface area contributed by atoms with E-state index in [4.69, 9.17) is 18.7 Å². The molecule has 1 aromatic rings. The van der Waals surface area contributed by atoms with E-state index >= 15 is 0 Å². The second kappa shape index (κ2) is 5.93. The molecule has 0 aliphatic carbocycles. The summed E-state index contributed by atoms with van der Waals surface area (Å²) in [5.41, 5.74) is 6.54. The Morgan fingerprint density at radius 2 is 1.69 bits per heavy atom. The summed E-state index contributed by atoms with van der Waals surface area (Å²) < 4.78 is 25.2. The smallest absolute Gasteiger partial charge is 0.326 e. The first kappa shape index (κ1) is 12.4. The summed E-state index contributed by atoms with van der Waals surface area (Å²) in [6, 6.07) is 9.99. The third kappa shape index (κ3) is 11.4. The lowest BCUT2D eigenvalue weighted by Crippen LogP contribution is -1.94. The molecule has 0 atom stereocenters. The van der Waals surface area contributed by atoms with Crippen molar-refractivity contribution in [2.24, 2.45) is 5.73 Å². The minimum Gasteiger partial charge on any atom is -0.326 e. The van der Waals surface area contributed by atoms with E-state index in [0.29, 0.717) is 6.54 Å². The van der Waals surface area contributed by atoms with Gasteiger partial charge in [-0.05, 0) is 5.56 Å². The van der Waals surface area contributed by atoms with Crippen LogP contribution in [0.4, 0.5) is 0 Å². The third-order valence-corrected chi connectivity index (χ3v) is 1.08. The Bertz CT molecular complexity index is 317. The maximum absolute atomic E-state index is 8.95. The van der Waals surface area contributed by atoms with Gasteiger partial charge < -0.3 is 5.73 Å². The predicted octanol–water partition coefficient (Wildman–Crippen LogP) is 1.17. The number of halogens is 1. The van der Waals surface area contributed by atoms with Gasteiger partial charge in [0.2, 0.25) is 0 Å². The average Bonchev–Trinajstić information content (AvgIpc) is 2.03. The molecule has 0 heterocycles. The zero-order valence-electron chi connectivity index (χ0n) is 6.72. The molecule has 0 saturated carbocycles. The predicted molar refractivity (Wildman–Crippen MR) is 51.7 cm³/mol. The Hall–Kier alpha value is -0.620. The van der Waals surface area contributed by atoms with Crippen LogP contribution in [0.5, 0.6) is 0 Å². The number of rotatable bonds is 1. The highest BCUT2D eigenvalue weighted by molar-refractivity contribution is 8.09. The van der Waals surface area contributed by atoms with E-state index < -0.39 is 9.33 Å². The van der Waals surface area contributed by atoms with Crippen molar-refractivity contribution in [3.63, 3.8) is 0 Å². The van der Waals surface area contributed by atoms with Crippen molar-refractivity contribution in [1.29, 1.82) is 0 Å². The van der Waals surface area contributed by atoms with Gasteiger partial charge in [-0.1, -0.05) is 30.3 Å². The molecule has 4 nitrogen and oxygen atoms in total. The molecular formula is C7H10ClNO3S. The van der Waals surface area contributed by atoms with E-state index in [1.54, 1.807) is 0 Å². The molecule has 0 aliphatic rings. The van der Waals surface area contributed by atoms with Gasteiger partial charge >= 0.3 is 9.33 Å². The first-order chi connectivity index (χ1) is 5.93. The van der Waals surface area contributed by atoms with Crippen LogP contribution in [-0.2, 0) is 15.9 Å². The minimum absolute atomic E-state index is 0.640. The molecule has 0 amide bonds. The van der Waals surface area contributed by atoms with Crippen LogP contribution in [0.1, 0.15) is 5.56 Å². The largest absolute Gasteiger partial charge is 0.353 e. The highest BCUT2D eigenvalue weighted by Crippen LogP contribution is 1.94. The zero-order valence-corrected chi connectivity index (χ0v) is 8.29. The zero-order chi connectivity index (χ0) is 10.3. The number of hydrogen-bond acceptors (Lipinski definition) is 3. The van der Waals surface area contributed by atoms with Crippen LogP contribution in [0.3, 0.4) is 0 Å². The molecule has 0 unspecified atom stereocenters. The summed E-state index contributed by atoms with van der Waals surface area (Å²) in [6.07, 6.45) is 0. The van der Waals surface area contributed by atoms with Crippen LogP contribution in [0.2, 0.25) is 0 Å². The standard InChI is InChI=1S/C7H9N.ClHO3S/c8-6-7-4-2-1-3-5-7;1-5(2,3)4/h1-5H,6,8H2;(H,2,3,4). The minimum atomic E-state index is -4.19. The third-order valence-electron chi connectivity index (χ3n) is 1.08. The summed E-state index contributed by atoms with van der Waals surface area (Å²) in [4.78, 5) is 0. The van der Waals surface area contributed by atoms with Crippen LogP contribution in [0.25, 0.3) is 0 Å². The van der Waals surface area contributed by atoms with Crippen LogP contribution in [0.15, 0.2) is 30.3 Å². The summed E-state index contributed by atoms with van der Waals surface area (Å²) in [5, 5.41) is 0. The molecule has 13 heavy (non-hydrogen) atoms. The lowest BCUT2D eigenvalue weighted by atomic mass is 10.2. The fraction of sp³-hybridized carbons (Fsp3) is 0.143. The molecule has 74 valence electrons. The maximum Gasteiger partial charge on any atom is 0.353 e. The molecule has 3 N–H and O–H groups in total. The Labute approximate surface area is 81.6 Å². The van der Waals surface area contributed by atoms with E-state index in [0.717, 1.165) is 0 Å². The van der Waals surface area contributed by atoms with Gasteiger partial charge in [0.1, 0.15) is 0 Å². The first-order valence-electron chi connectivity index (χ1n) is 3.34. The molecule has 0 aromatic heterocycles. The van der Waals surface area contributed by atoms with Crippen LogP contribution in [-0.4, -0.2) is 13.0 Å². The van der Waals surface area contributed by atoms with Crippen molar-refractivity contribution in [1.82, 2.24) is 0 Å². The highest BCUT2D eigenvalue weighted by atomic mass is 35.7. The van der Waals surface area contributed by atoms with Crippen molar-refractivity contribution < 1.29 is 13.0 Å². The molecule has 0 spiro atoms. The van der Waals surface area contributed by atoms with Crippen molar-refractivity contribution >= 4 is 20.0 Å². The average molecular weight is 224 g/mol. The molecule has 6 heteroatoms. The highest BCUT2D eigenvalue weighted by Gasteiger charge is 1.86. The van der Waals surface area contributed by atoms with Gasteiger partial charge in [-0.15, -0.1) is 0 Å². The van der Waals surface area contributed by atoms with Crippen molar-refractivity contribution in [3.8, 4) is 0 Å². The van der Waals surface area contributed by atoms with Crippen molar-refractivity contribution in [2.75, 3.05) is 0 Å². The summed E-state index contributed by atoms with van der Waals surface area (Å²) in [6.45, 7) is 0.640. The molecular weight excluding hydrogens is 214 g/mol. The molecule has 0 aliphatic heterocycles. The Balaban J connectivity index is 0.000000252. The van der Waals surface area contributed by atoms with Crippen molar-refractivity contribution in [2.45, 2.75) is 6.54 Å². The Kier molecular flexibility index (Phi) is 5.65. The van der Waals surface area contributed by atoms with Gasteiger partial charge in [0.15, 0.2) is 0 Å². The fourth-order valence-corrected chi connectivity index (χ4v) is 0.614. The molecule has 0 radical (unpaired) electrons. The monoisotopic (exact) mass is 223 g/mol. The number of hydrogen-bond donors (Lipinski definition) is 2. The van der Waals surface area contributed by atoms with Gasteiger partial charge in [0, 0.05) is 17.2 Å². The fourth-order valence-electron chi connectivity index (χ4n) is 0.614. The Morgan fingerprint density at radius 1 is 1.31 bits per heavy atom. The van der Waals surface area contributed by atoms with Crippen molar-refractivity contribution in [3.05, 3.63) is 35.9 Å². The van der Waals surface area contributed by atoms with Gasteiger partial charge in [-0.2, -0.15) is 8.42 Å². The molecule has 1 rings (SSSR count). The van der Waals surface area contributed by atoms with E-state index in [1.807, 2.05) is 30.3 Å². The topological polar surface area (TPSA) is 80.4 Å². The summed E-state index contributed by atoms with van der Waals surface area (Å²) >= 11 is 0. The molecule has 0 bridgehead atoms. The number of nitrogens with two attached hydrogens (primary N) is 1. The van der Waals surface area contributed by atoms with E-state index in [-0.39, 0.29) is 0 Å². The maximum atomic E-state index is 8.95.